The first kappa shape index (κ1) is 35.8. The van der Waals surface area contributed by atoms with Crippen LogP contribution in [-0.4, -0.2) is 0 Å². The molecule has 0 saturated heterocycles. The summed E-state index contributed by atoms with van der Waals surface area (Å²) in [5.41, 5.74) is 3.09. The van der Waals surface area contributed by atoms with Gasteiger partial charge in [0, 0.05) is 6.42 Å². The van der Waals surface area contributed by atoms with Crippen LogP contribution in [-0.2, 0) is 0 Å². The van der Waals surface area contributed by atoms with E-state index >= 15 is 0 Å². The lowest BCUT2D eigenvalue weighted by atomic mass is 9.82. The van der Waals surface area contributed by atoms with Gasteiger partial charge in [0.05, 0.1) is 0 Å². The molecule has 0 amide bonds. The van der Waals surface area contributed by atoms with E-state index in [2.05, 4.69) is 106 Å². The van der Waals surface area contributed by atoms with Crippen molar-refractivity contribution >= 4 is 0 Å². The topological polar surface area (TPSA) is 0 Å². The van der Waals surface area contributed by atoms with Crippen LogP contribution in [0.3, 0.4) is 0 Å². The van der Waals surface area contributed by atoms with E-state index in [0.29, 0.717) is 17.8 Å². The first-order valence-corrected chi connectivity index (χ1v) is 12.4. The highest BCUT2D eigenvalue weighted by Crippen LogP contribution is 2.27. The van der Waals surface area contributed by atoms with Crippen LogP contribution >= 0.6 is 0 Å². The lowest BCUT2D eigenvalue weighted by molar-refractivity contribution is 0.345. The van der Waals surface area contributed by atoms with Gasteiger partial charge < -0.3 is 0 Å². The summed E-state index contributed by atoms with van der Waals surface area (Å²) in [6.45, 7) is 27.6. The maximum Gasteiger partial charge on any atom is 0.00506 e. The number of rotatable bonds is 10. The van der Waals surface area contributed by atoms with Gasteiger partial charge in [-0.3, -0.25) is 0 Å². The van der Waals surface area contributed by atoms with Gasteiger partial charge in [0.25, 0.3) is 0 Å². The highest BCUT2D eigenvalue weighted by atomic mass is 14.2. The minimum Gasteiger partial charge on any atom is -0.0991 e. The lowest BCUT2D eigenvalue weighted by Gasteiger charge is -2.23. The third-order valence-electron chi connectivity index (χ3n) is 5.67. The molecule has 0 N–H and O–H groups in total. The van der Waals surface area contributed by atoms with E-state index < -0.39 is 0 Å². The Morgan fingerprint density at radius 3 is 1.91 bits per heavy atom. The van der Waals surface area contributed by atoms with Crippen molar-refractivity contribution in [1.82, 2.24) is 0 Å². The highest BCUT2D eigenvalue weighted by Gasteiger charge is 2.16. The summed E-state index contributed by atoms with van der Waals surface area (Å²) in [5, 5.41) is 0. The van der Waals surface area contributed by atoms with Crippen LogP contribution < -0.4 is 0 Å². The highest BCUT2D eigenvalue weighted by molar-refractivity contribution is 5.28. The van der Waals surface area contributed by atoms with Crippen molar-refractivity contribution < 1.29 is 0 Å². The summed E-state index contributed by atoms with van der Waals surface area (Å²) in [5.74, 6) is 1.95. The third kappa shape index (κ3) is 19.4. The number of allylic oxidation sites excluding steroid dienone is 12. The molecule has 2 radical (unpaired) electrons. The van der Waals surface area contributed by atoms with E-state index in [4.69, 9.17) is 0 Å². The Bertz CT molecular complexity index is 617. The van der Waals surface area contributed by atoms with Crippen LogP contribution in [0.1, 0.15) is 95.4 Å². The Labute approximate surface area is 210 Å². The molecule has 1 aliphatic rings. The van der Waals surface area contributed by atoms with Crippen molar-refractivity contribution in [2.24, 2.45) is 23.2 Å². The fourth-order valence-corrected chi connectivity index (χ4v) is 3.43. The van der Waals surface area contributed by atoms with E-state index in [1.807, 2.05) is 36.8 Å². The van der Waals surface area contributed by atoms with E-state index in [9.17, 15) is 0 Å². The predicted molar refractivity (Wildman–Crippen MR) is 156 cm³/mol. The molecule has 0 aromatic carbocycles. The molecular formula is C33H56. The molecular weight excluding hydrogens is 396 g/mol. The average Bonchev–Trinajstić information content (AvgIpc) is 3.32. The van der Waals surface area contributed by atoms with E-state index in [-0.39, 0.29) is 12.8 Å². The van der Waals surface area contributed by atoms with Crippen molar-refractivity contribution in [3.63, 3.8) is 0 Å². The summed E-state index contributed by atoms with van der Waals surface area (Å²) >= 11 is 0. The van der Waals surface area contributed by atoms with Gasteiger partial charge in [-0.2, -0.15) is 0 Å². The number of hydrogen-bond acceptors (Lipinski definition) is 0. The summed E-state index contributed by atoms with van der Waals surface area (Å²) in [4.78, 5) is 0. The molecule has 1 aliphatic carbocycles. The largest absolute Gasteiger partial charge is 0.0991 e. The van der Waals surface area contributed by atoms with Crippen molar-refractivity contribution in [3.05, 3.63) is 91.5 Å². The zero-order valence-electron chi connectivity index (χ0n) is 22.7. The summed E-state index contributed by atoms with van der Waals surface area (Å²) < 4.78 is 0. The molecule has 0 bridgehead atoms. The molecule has 0 heteroatoms. The lowest BCUT2D eigenvalue weighted by Crippen LogP contribution is -2.13. The Morgan fingerprint density at radius 2 is 1.58 bits per heavy atom. The molecule has 1 rings (SSSR count). The SMILES string of the molecule is C.C=C/C=C(\C=C\CC)C(C)(C)C.C=[C]C(CC)C(C)C[C@H](C)/C(C)=C/CC.[CH]1C=CC=C1. The van der Waals surface area contributed by atoms with Crippen LogP contribution in [0.4, 0.5) is 0 Å². The van der Waals surface area contributed by atoms with Crippen LogP contribution in [0.2, 0.25) is 0 Å². The summed E-state index contributed by atoms with van der Waals surface area (Å²) in [6, 6.07) is 0. The van der Waals surface area contributed by atoms with Crippen molar-refractivity contribution in [3.8, 4) is 0 Å². The Hall–Kier alpha value is -1.82. The van der Waals surface area contributed by atoms with E-state index in [1.165, 1.54) is 17.6 Å². The first-order chi connectivity index (χ1) is 15.1. The quantitative estimate of drug-likeness (QED) is 0.228. The van der Waals surface area contributed by atoms with Crippen molar-refractivity contribution in [2.45, 2.75) is 95.4 Å². The van der Waals surface area contributed by atoms with Gasteiger partial charge in [-0.25, -0.2) is 0 Å². The van der Waals surface area contributed by atoms with Crippen LogP contribution in [0, 0.1) is 35.7 Å². The second kappa shape index (κ2) is 22.0. The van der Waals surface area contributed by atoms with Gasteiger partial charge in [-0.15, -0.1) is 0 Å². The molecule has 0 nitrogen and oxygen atoms in total. The zero-order chi connectivity index (χ0) is 25.0. The first-order valence-electron chi connectivity index (χ1n) is 12.4. The molecule has 0 fully saturated rings. The molecule has 0 saturated carbocycles. The van der Waals surface area contributed by atoms with Gasteiger partial charge >= 0.3 is 0 Å². The van der Waals surface area contributed by atoms with Gasteiger partial charge in [-0.05, 0) is 67.4 Å². The minimum absolute atomic E-state index is 0. The van der Waals surface area contributed by atoms with Crippen LogP contribution in [0.5, 0.6) is 0 Å². The molecule has 0 aromatic heterocycles. The molecule has 0 aromatic rings. The predicted octanol–water partition coefficient (Wildman–Crippen LogP) is 11.1. The smallest absolute Gasteiger partial charge is 0.00506 e. The Balaban J connectivity index is -0.000000444. The molecule has 188 valence electrons. The van der Waals surface area contributed by atoms with Crippen LogP contribution in [0.15, 0.2) is 79.0 Å². The van der Waals surface area contributed by atoms with Gasteiger partial charge in [-0.1, -0.05) is 136 Å². The van der Waals surface area contributed by atoms with Gasteiger partial charge in [0.1, 0.15) is 0 Å². The molecule has 0 heterocycles. The second-order valence-electron chi connectivity index (χ2n) is 9.57. The summed E-state index contributed by atoms with van der Waals surface area (Å²) in [7, 11) is 0. The molecule has 3 atom stereocenters. The minimum atomic E-state index is 0. The van der Waals surface area contributed by atoms with E-state index in [0.717, 1.165) is 19.3 Å². The number of hydrogen-bond donors (Lipinski definition) is 0. The standard InChI is InChI=1S/C15H27.C12H20.C5H5.CH4/c1-7-10-12(4)13(5)11-14(6)15(8-2)9-3;1-6-8-10-11(9-7-2)12(3,4)5;1-2-4-5-3-1;/h10,13-15H,2,7,9,11H2,1,3-6H3;7-10H,2,6H2,1,3-5H3;1-5H;1H4/b12-10+;10-8+,11-9+;;/t13-,14?,15?;;;/m0.../s1. The maximum atomic E-state index is 3.80. The monoisotopic (exact) mass is 452 g/mol. The van der Waals surface area contributed by atoms with Crippen molar-refractivity contribution in [2.75, 3.05) is 0 Å². The second-order valence-corrected chi connectivity index (χ2v) is 9.57. The molecule has 33 heavy (non-hydrogen) atoms. The molecule has 0 aliphatic heterocycles. The fraction of sp³-hybridized carbons (Fsp3) is 0.545. The Kier molecular flexibility index (Phi) is 23.8. The maximum absolute atomic E-state index is 3.80. The third-order valence-corrected chi connectivity index (χ3v) is 5.67. The molecule has 2 unspecified atom stereocenters. The van der Waals surface area contributed by atoms with Crippen molar-refractivity contribution in [1.29, 1.82) is 0 Å². The van der Waals surface area contributed by atoms with E-state index in [1.54, 1.807) is 0 Å². The average molecular weight is 453 g/mol. The van der Waals surface area contributed by atoms with Gasteiger partial charge in [0.2, 0.25) is 0 Å². The van der Waals surface area contributed by atoms with Crippen LogP contribution in [0.25, 0.3) is 0 Å². The zero-order valence-corrected chi connectivity index (χ0v) is 22.7. The normalized spacial score (nSPS) is 16.0. The Morgan fingerprint density at radius 1 is 1.00 bits per heavy atom. The fourth-order valence-electron chi connectivity index (χ4n) is 3.43. The van der Waals surface area contributed by atoms with Gasteiger partial charge in [0.15, 0.2) is 0 Å². The summed E-state index contributed by atoms with van der Waals surface area (Å²) in [6.07, 6.45) is 28.4. The molecule has 0 spiro atoms.